The molecule has 1 aliphatic heterocycles. The molecule has 0 N–H and O–H groups in total. The van der Waals surface area contributed by atoms with Gasteiger partial charge in [0.05, 0.1) is 0 Å². The number of carbonyl (C=O) groups excluding carboxylic acids is 1. The Bertz CT molecular complexity index is 737. The van der Waals surface area contributed by atoms with Crippen LogP contribution in [-0.2, 0) is 0 Å². The number of aryl methyl sites for hydroxylation is 1. The van der Waals surface area contributed by atoms with E-state index >= 15 is 0 Å². The molecule has 4 rings (SSSR count). The van der Waals surface area contributed by atoms with Crippen molar-refractivity contribution in [3.05, 3.63) is 40.9 Å². The van der Waals surface area contributed by atoms with Crippen molar-refractivity contribution in [2.45, 2.75) is 51.5 Å². The molecule has 2 aliphatic rings. The van der Waals surface area contributed by atoms with Gasteiger partial charge in [-0.15, -0.1) is 11.3 Å². The van der Waals surface area contributed by atoms with Gasteiger partial charge in [0, 0.05) is 23.5 Å². The van der Waals surface area contributed by atoms with Crippen LogP contribution in [0.5, 0.6) is 0 Å². The molecule has 1 saturated heterocycles. The van der Waals surface area contributed by atoms with Crippen LogP contribution in [0.3, 0.4) is 0 Å². The van der Waals surface area contributed by atoms with Gasteiger partial charge in [-0.3, -0.25) is 4.79 Å². The van der Waals surface area contributed by atoms with E-state index in [1.54, 1.807) is 11.3 Å². The van der Waals surface area contributed by atoms with Crippen LogP contribution in [0.1, 0.15) is 54.6 Å². The number of fused-ring (bicyclic) bond motifs is 1. The van der Waals surface area contributed by atoms with Crippen molar-refractivity contribution >= 4 is 17.2 Å². The van der Waals surface area contributed by atoms with Crippen molar-refractivity contribution in [2.75, 3.05) is 6.54 Å². The van der Waals surface area contributed by atoms with Crippen LogP contribution in [0.25, 0.3) is 10.6 Å². The zero-order chi connectivity index (χ0) is 16.5. The fraction of sp³-hybridized carbons (Fsp3) is 0.500. The summed E-state index contributed by atoms with van der Waals surface area (Å²) in [5, 5.41) is 2.89. The van der Waals surface area contributed by atoms with Crippen LogP contribution in [-0.4, -0.2) is 28.4 Å². The van der Waals surface area contributed by atoms with Gasteiger partial charge in [-0.2, -0.15) is 0 Å². The topological polar surface area (TPSA) is 33.2 Å². The number of carbonyl (C=O) groups is 1. The summed E-state index contributed by atoms with van der Waals surface area (Å²) in [4.78, 5) is 19.9. The largest absolute Gasteiger partial charge is 0.334 e. The van der Waals surface area contributed by atoms with Crippen LogP contribution < -0.4 is 0 Å². The summed E-state index contributed by atoms with van der Waals surface area (Å²) in [6, 6.07) is 8.69. The molecule has 126 valence electrons. The second kappa shape index (κ2) is 6.67. The molecule has 1 aromatic heterocycles. The van der Waals surface area contributed by atoms with Crippen molar-refractivity contribution in [3.63, 3.8) is 0 Å². The molecule has 3 nitrogen and oxygen atoms in total. The molecule has 1 aromatic carbocycles. The Kier molecular flexibility index (Phi) is 4.40. The second-order valence-corrected chi connectivity index (χ2v) is 7.96. The van der Waals surface area contributed by atoms with E-state index in [1.807, 2.05) is 17.5 Å². The van der Waals surface area contributed by atoms with E-state index in [0.29, 0.717) is 17.7 Å². The molecule has 2 heterocycles. The average Bonchev–Trinajstić information content (AvgIpc) is 3.11. The van der Waals surface area contributed by atoms with Crippen molar-refractivity contribution in [1.29, 1.82) is 0 Å². The summed E-state index contributed by atoms with van der Waals surface area (Å²) in [6.45, 7) is 2.99. The monoisotopic (exact) mass is 340 g/mol. The third-order valence-corrected chi connectivity index (χ3v) is 6.48. The Balaban J connectivity index is 1.58. The maximum atomic E-state index is 13.1. The fourth-order valence-electron chi connectivity index (χ4n) is 4.33. The van der Waals surface area contributed by atoms with Gasteiger partial charge in [0.15, 0.2) is 0 Å². The summed E-state index contributed by atoms with van der Waals surface area (Å²) < 4.78 is 0. The number of hydrogen-bond donors (Lipinski definition) is 0. The third kappa shape index (κ3) is 2.88. The number of hydrogen-bond acceptors (Lipinski definition) is 3. The molecular formula is C20H24N2OS. The van der Waals surface area contributed by atoms with Gasteiger partial charge in [-0.25, -0.2) is 4.98 Å². The maximum Gasteiger partial charge on any atom is 0.273 e. The Hall–Kier alpha value is -1.68. The second-order valence-electron chi connectivity index (χ2n) is 7.11. The van der Waals surface area contributed by atoms with Crippen LogP contribution in [0.4, 0.5) is 0 Å². The van der Waals surface area contributed by atoms with Crippen LogP contribution in [0.2, 0.25) is 0 Å². The number of benzene rings is 1. The van der Waals surface area contributed by atoms with E-state index in [-0.39, 0.29) is 5.91 Å². The van der Waals surface area contributed by atoms with Gasteiger partial charge in [-0.05, 0) is 44.1 Å². The molecular weight excluding hydrogens is 316 g/mol. The quantitative estimate of drug-likeness (QED) is 0.778. The van der Waals surface area contributed by atoms with Crippen molar-refractivity contribution < 1.29 is 4.79 Å². The highest BCUT2D eigenvalue weighted by atomic mass is 32.1. The van der Waals surface area contributed by atoms with E-state index in [1.165, 1.54) is 37.7 Å². The predicted octanol–water partition coefficient (Wildman–Crippen LogP) is 4.91. The van der Waals surface area contributed by atoms with Crippen molar-refractivity contribution in [2.24, 2.45) is 5.92 Å². The average molecular weight is 340 g/mol. The Morgan fingerprint density at radius 3 is 2.83 bits per heavy atom. The summed E-state index contributed by atoms with van der Waals surface area (Å²) in [6.07, 6.45) is 7.49. The number of aromatic nitrogens is 1. The van der Waals surface area contributed by atoms with E-state index in [9.17, 15) is 4.79 Å². The first-order chi connectivity index (χ1) is 11.7. The third-order valence-electron chi connectivity index (χ3n) is 5.60. The zero-order valence-corrected chi connectivity index (χ0v) is 15.0. The number of nitrogens with zero attached hydrogens (tertiary/aromatic N) is 2. The molecule has 2 unspecified atom stereocenters. The lowest BCUT2D eigenvalue weighted by Gasteiger charge is -2.43. The van der Waals surface area contributed by atoms with E-state index in [4.69, 9.17) is 0 Å². The van der Waals surface area contributed by atoms with E-state index < -0.39 is 0 Å². The van der Waals surface area contributed by atoms with Gasteiger partial charge in [0.2, 0.25) is 0 Å². The first kappa shape index (κ1) is 15.8. The number of thiazole rings is 1. The number of rotatable bonds is 2. The van der Waals surface area contributed by atoms with Crippen LogP contribution in [0, 0.1) is 12.8 Å². The SMILES string of the molecule is Cc1ccccc1-c1nc(C(=O)N2CCCC3CCCCC32)cs1. The number of piperidine rings is 1. The number of amides is 1. The normalized spacial score (nSPS) is 23.8. The summed E-state index contributed by atoms with van der Waals surface area (Å²) in [7, 11) is 0. The predicted molar refractivity (Wildman–Crippen MR) is 98.3 cm³/mol. The Morgan fingerprint density at radius 1 is 1.17 bits per heavy atom. The van der Waals surface area contributed by atoms with Gasteiger partial charge < -0.3 is 4.90 Å². The molecule has 1 amide bonds. The van der Waals surface area contributed by atoms with Crippen molar-refractivity contribution in [1.82, 2.24) is 9.88 Å². The van der Waals surface area contributed by atoms with Crippen molar-refractivity contribution in [3.8, 4) is 10.6 Å². The van der Waals surface area contributed by atoms with E-state index in [0.717, 1.165) is 23.5 Å². The lowest BCUT2D eigenvalue weighted by Crippen LogP contribution is -2.49. The molecule has 24 heavy (non-hydrogen) atoms. The lowest BCUT2D eigenvalue weighted by atomic mass is 9.78. The molecule has 4 heteroatoms. The van der Waals surface area contributed by atoms with Gasteiger partial charge in [-0.1, -0.05) is 37.1 Å². The van der Waals surface area contributed by atoms with Gasteiger partial charge in [0.25, 0.3) is 5.91 Å². The highest BCUT2D eigenvalue weighted by Crippen LogP contribution is 2.36. The molecule has 0 bridgehead atoms. The van der Waals surface area contributed by atoms with E-state index in [2.05, 4.69) is 28.9 Å². The first-order valence-electron chi connectivity index (χ1n) is 9.06. The summed E-state index contributed by atoms with van der Waals surface area (Å²) >= 11 is 1.58. The minimum absolute atomic E-state index is 0.141. The molecule has 2 fully saturated rings. The molecule has 2 aromatic rings. The standard InChI is InChI=1S/C20H24N2OS/c1-14-7-2-4-10-16(14)19-21-17(13-24-19)20(23)22-12-6-9-15-8-3-5-11-18(15)22/h2,4,7,10,13,15,18H,3,5-6,8-9,11-12H2,1H3. The Labute approximate surface area is 147 Å². The van der Waals surface area contributed by atoms with Crippen LogP contribution >= 0.6 is 11.3 Å². The summed E-state index contributed by atoms with van der Waals surface area (Å²) in [5.74, 6) is 0.855. The molecule has 2 atom stereocenters. The molecule has 0 radical (unpaired) electrons. The smallest absolute Gasteiger partial charge is 0.273 e. The molecule has 1 aliphatic carbocycles. The first-order valence-corrected chi connectivity index (χ1v) is 9.94. The molecule has 0 spiro atoms. The minimum Gasteiger partial charge on any atom is -0.334 e. The van der Waals surface area contributed by atoms with Gasteiger partial charge in [0.1, 0.15) is 10.7 Å². The minimum atomic E-state index is 0.141. The molecule has 1 saturated carbocycles. The lowest BCUT2D eigenvalue weighted by molar-refractivity contribution is 0.0386. The number of likely N-dealkylation sites (tertiary alicyclic amines) is 1. The van der Waals surface area contributed by atoms with Crippen LogP contribution in [0.15, 0.2) is 29.6 Å². The summed E-state index contributed by atoms with van der Waals surface area (Å²) in [5.41, 5.74) is 2.97. The zero-order valence-electron chi connectivity index (χ0n) is 14.2. The highest BCUT2D eigenvalue weighted by Gasteiger charge is 2.36. The Morgan fingerprint density at radius 2 is 1.96 bits per heavy atom. The highest BCUT2D eigenvalue weighted by molar-refractivity contribution is 7.13. The fourth-order valence-corrected chi connectivity index (χ4v) is 5.22. The maximum absolute atomic E-state index is 13.1. The van der Waals surface area contributed by atoms with Gasteiger partial charge >= 0.3 is 0 Å².